The van der Waals surface area contributed by atoms with Crippen LogP contribution in [0.15, 0.2) is 48.5 Å². The Morgan fingerprint density at radius 2 is 0.927 bits per heavy atom. The van der Waals surface area contributed by atoms with Crippen LogP contribution in [0, 0.1) is 12.3 Å². The molecule has 0 aliphatic carbocycles. The zero-order chi connectivity index (χ0) is 29.4. The Morgan fingerprint density at radius 3 is 1.34 bits per heavy atom. The highest BCUT2D eigenvalue weighted by Crippen LogP contribution is 2.18. The summed E-state index contributed by atoms with van der Waals surface area (Å²) < 4.78 is 10.6. The molecular formula is C37H52O4. The van der Waals surface area contributed by atoms with Gasteiger partial charge in [-0.2, -0.15) is 0 Å². The molecule has 0 aliphatic heterocycles. The fraction of sp³-hybridized carbons (Fsp3) is 0.568. The fourth-order valence-corrected chi connectivity index (χ4v) is 5.09. The first-order chi connectivity index (χ1) is 20.2. The molecule has 224 valence electrons. The van der Waals surface area contributed by atoms with Gasteiger partial charge >= 0.3 is 5.97 Å². The van der Waals surface area contributed by atoms with Gasteiger partial charge in [0, 0.05) is 17.5 Å². The first-order valence-electron chi connectivity index (χ1n) is 16.0. The van der Waals surface area contributed by atoms with Gasteiger partial charge < -0.3 is 9.47 Å². The van der Waals surface area contributed by atoms with Gasteiger partial charge in [-0.1, -0.05) is 115 Å². The van der Waals surface area contributed by atoms with Crippen molar-refractivity contribution in [3.8, 4) is 18.1 Å². The van der Waals surface area contributed by atoms with Crippen molar-refractivity contribution in [2.45, 2.75) is 122 Å². The Hall–Kier alpha value is -3.06. The number of benzene rings is 2. The lowest BCUT2D eigenvalue weighted by molar-refractivity contribution is 0.0600. The standard InChI is InChI=1S/C37H52O4/c1-3-4-5-6-7-8-9-10-11-12-13-14-15-16-17-18-19-20-21-22-31-41-35-29-27-33(28-30-35)36(38)32-23-25-34(26-24-32)37(39)40-2/h1,23-30H,4-22,31H2,2H3. The van der Waals surface area contributed by atoms with E-state index in [0.717, 1.165) is 18.6 Å². The highest BCUT2D eigenvalue weighted by atomic mass is 16.5. The molecular weight excluding hydrogens is 508 g/mol. The number of ketones is 1. The Morgan fingerprint density at radius 1 is 0.561 bits per heavy atom. The number of carbonyl (C=O) groups excluding carboxylic acids is 2. The molecule has 0 heterocycles. The lowest BCUT2D eigenvalue weighted by atomic mass is 10.0. The molecule has 0 radical (unpaired) electrons. The predicted octanol–water partition coefficient (Wildman–Crippen LogP) is 10.1. The summed E-state index contributed by atoms with van der Waals surface area (Å²) in [5.41, 5.74) is 1.55. The van der Waals surface area contributed by atoms with Crippen LogP contribution in [0.2, 0.25) is 0 Å². The van der Waals surface area contributed by atoms with Crippen molar-refractivity contribution in [3.63, 3.8) is 0 Å². The Bertz CT molecular complexity index is 1000. The zero-order valence-electron chi connectivity index (χ0n) is 25.5. The van der Waals surface area contributed by atoms with E-state index >= 15 is 0 Å². The molecule has 0 amide bonds. The smallest absolute Gasteiger partial charge is 0.337 e. The maximum atomic E-state index is 12.7. The lowest BCUT2D eigenvalue weighted by Crippen LogP contribution is -2.04. The third kappa shape index (κ3) is 15.5. The fourth-order valence-electron chi connectivity index (χ4n) is 5.09. The molecule has 2 aromatic rings. The van der Waals surface area contributed by atoms with E-state index < -0.39 is 5.97 Å². The normalized spacial score (nSPS) is 10.7. The average molecular weight is 561 g/mol. The van der Waals surface area contributed by atoms with Gasteiger partial charge in [0.2, 0.25) is 0 Å². The van der Waals surface area contributed by atoms with Crippen molar-refractivity contribution >= 4 is 11.8 Å². The molecule has 4 nitrogen and oxygen atoms in total. The minimum absolute atomic E-state index is 0.0854. The molecule has 0 saturated heterocycles. The van der Waals surface area contributed by atoms with Crippen molar-refractivity contribution in [2.24, 2.45) is 0 Å². The van der Waals surface area contributed by atoms with Gasteiger partial charge in [-0.15, -0.1) is 12.3 Å². The Balaban J connectivity index is 1.39. The van der Waals surface area contributed by atoms with Crippen LogP contribution < -0.4 is 4.74 Å². The minimum Gasteiger partial charge on any atom is -0.494 e. The first-order valence-corrected chi connectivity index (χ1v) is 16.0. The maximum absolute atomic E-state index is 12.7. The molecule has 2 rings (SSSR count). The van der Waals surface area contributed by atoms with E-state index in [1.165, 1.54) is 116 Å². The number of hydrogen-bond donors (Lipinski definition) is 0. The summed E-state index contributed by atoms with van der Waals surface area (Å²) in [4.78, 5) is 24.3. The Labute approximate surface area is 249 Å². The van der Waals surface area contributed by atoms with Gasteiger partial charge in [0.15, 0.2) is 5.78 Å². The molecule has 0 unspecified atom stereocenters. The molecule has 0 spiro atoms. The van der Waals surface area contributed by atoms with Gasteiger partial charge in [0.05, 0.1) is 19.3 Å². The number of methoxy groups -OCH3 is 1. The van der Waals surface area contributed by atoms with Gasteiger partial charge in [-0.25, -0.2) is 4.79 Å². The van der Waals surface area contributed by atoms with Gasteiger partial charge in [-0.3, -0.25) is 4.79 Å². The summed E-state index contributed by atoms with van der Waals surface area (Å²) >= 11 is 0. The largest absolute Gasteiger partial charge is 0.494 e. The average Bonchev–Trinajstić information content (AvgIpc) is 3.01. The number of esters is 1. The van der Waals surface area contributed by atoms with E-state index in [9.17, 15) is 9.59 Å². The van der Waals surface area contributed by atoms with Gasteiger partial charge in [-0.05, 0) is 49.2 Å². The van der Waals surface area contributed by atoms with E-state index in [1.54, 1.807) is 36.4 Å². The van der Waals surface area contributed by atoms with Crippen molar-refractivity contribution in [1.82, 2.24) is 0 Å². The topological polar surface area (TPSA) is 52.6 Å². The third-order valence-corrected chi connectivity index (χ3v) is 7.67. The van der Waals surface area contributed by atoms with E-state index in [-0.39, 0.29) is 5.78 Å². The van der Waals surface area contributed by atoms with Crippen LogP contribution in [0.3, 0.4) is 0 Å². The highest BCUT2D eigenvalue weighted by Gasteiger charge is 2.11. The SMILES string of the molecule is C#CCCCCCCCCCCCCCCCCCCCCOc1ccc(C(=O)c2ccc(C(=O)OC)cc2)cc1. The van der Waals surface area contributed by atoms with Crippen LogP contribution in [0.1, 0.15) is 148 Å². The number of terminal acetylenes is 1. The van der Waals surface area contributed by atoms with Crippen molar-refractivity contribution in [3.05, 3.63) is 65.2 Å². The second-order valence-electron chi connectivity index (χ2n) is 11.1. The van der Waals surface area contributed by atoms with E-state index in [2.05, 4.69) is 5.92 Å². The molecule has 0 fully saturated rings. The molecule has 2 aromatic carbocycles. The van der Waals surface area contributed by atoms with Crippen molar-refractivity contribution in [1.29, 1.82) is 0 Å². The van der Waals surface area contributed by atoms with Crippen LogP contribution in [-0.2, 0) is 4.74 Å². The van der Waals surface area contributed by atoms with E-state index in [1.807, 2.05) is 12.1 Å². The summed E-state index contributed by atoms with van der Waals surface area (Å²) in [6.45, 7) is 0.703. The maximum Gasteiger partial charge on any atom is 0.337 e. The molecule has 0 aromatic heterocycles. The quantitative estimate of drug-likeness (QED) is 0.0555. The molecule has 41 heavy (non-hydrogen) atoms. The number of carbonyl (C=O) groups is 2. The molecule has 0 N–H and O–H groups in total. The van der Waals surface area contributed by atoms with Crippen molar-refractivity contribution in [2.75, 3.05) is 13.7 Å². The summed E-state index contributed by atoms with van der Waals surface area (Å²) in [7, 11) is 1.34. The van der Waals surface area contributed by atoms with Crippen LogP contribution in [0.4, 0.5) is 0 Å². The first kappa shape index (κ1) is 34.1. The monoisotopic (exact) mass is 560 g/mol. The number of rotatable bonds is 24. The molecule has 0 bridgehead atoms. The second kappa shape index (κ2) is 22.6. The van der Waals surface area contributed by atoms with Crippen LogP contribution in [-0.4, -0.2) is 25.5 Å². The lowest BCUT2D eigenvalue weighted by Gasteiger charge is -2.08. The zero-order valence-corrected chi connectivity index (χ0v) is 25.5. The highest BCUT2D eigenvalue weighted by molar-refractivity contribution is 6.09. The molecule has 0 atom stereocenters. The second-order valence-corrected chi connectivity index (χ2v) is 11.1. The van der Waals surface area contributed by atoms with E-state index in [0.29, 0.717) is 23.3 Å². The number of ether oxygens (including phenoxy) is 2. The number of hydrogen-bond acceptors (Lipinski definition) is 4. The van der Waals surface area contributed by atoms with Crippen LogP contribution in [0.5, 0.6) is 5.75 Å². The molecule has 0 saturated carbocycles. The molecule has 0 aliphatic rings. The Kier molecular flexibility index (Phi) is 18.8. The van der Waals surface area contributed by atoms with Gasteiger partial charge in [0.1, 0.15) is 5.75 Å². The summed E-state index contributed by atoms with van der Waals surface area (Å²) in [5.74, 6) is 3.01. The third-order valence-electron chi connectivity index (χ3n) is 7.67. The predicted molar refractivity (Wildman–Crippen MR) is 170 cm³/mol. The summed E-state index contributed by atoms with van der Waals surface area (Å²) in [6.07, 6.45) is 30.3. The number of unbranched alkanes of at least 4 members (excludes halogenated alkanes) is 18. The van der Waals surface area contributed by atoms with Crippen molar-refractivity contribution < 1.29 is 19.1 Å². The summed E-state index contributed by atoms with van der Waals surface area (Å²) in [6, 6.07) is 13.8. The molecule has 4 heteroatoms. The van der Waals surface area contributed by atoms with Crippen LogP contribution >= 0.6 is 0 Å². The minimum atomic E-state index is -0.414. The van der Waals surface area contributed by atoms with Gasteiger partial charge in [0.25, 0.3) is 0 Å². The van der Waals surface area contributed by atoms with E-state index in [4.69, 9.17) is 15.9 Å². The summed E-state index contributed by atoms with van der Waals surface area (Å²) in [5, 5.41) is 0. The van der Waals surface area contributed by atoms with Crippen LogP contribution in [0.25, 0.3) is 0 Å².